The summed E-state index contributed by atoms with van der Waals surface area (Å²) in [6.45, 7) is 3.08. The van der Waals surface area contributed by atoms with E-state index in [1.165, 1.54) is 6.08 Å². The zero-order chi connectivity index (χ0) is 19.9. The van der Waals surface area contributed by atoms with Crippen LogP contribution in [-0.4, -0.2) is 62.0 Å². The minimum atomic E-state index is -0.283. The van der Waals surface area contributed by atoms with E-state index in [9.17, 15) is 9.59 Å². The van der Waals surface area contributed by atoms with Gasteiger partial charge in [0.1, 0.15) is 5.75 Å². The van der Waals surface area contributed by atoms with Crippen LogP contribution in [-0.2, 0) is 4.79 Å². The Bertz CT molecular complexity index is 854. The third-order valence-corrected chi connectivity index (χ3v) is 4.75. The lowest BCUT2D eigenvalue weighted by Crippen LogP contribution is -2.47. The smallest absolute Gasteiger partial charge is 0.256 e. The molecule has 1 N–H and O–H groups in total. The average Bonchev–Trinajstić information content (AvgIpc) is 2.73. The van der Waals surface area contributed by atoms with E-state index in [2.05, 4.69) is 10.2 Å². The van der Waals surface area contributed by atoms with E-state index in [0.717, 1.165) is 24.4 Å². The van der Waals surface area contributed by atoms with Crippen molar-refractivity contribution in [1.82, 2.24) is 9.80 Å². The van der Waals surface area contributed by atoms with E-state index < -0.39 is 0 Å². The van der Waals surface area contributed by atoms with E-state index >= 15 is 0 Å². The molecule has 0 radical (unpaired) electrons. The van der Waals surface area contributed by atoms with Gasteiger partial charge in [-0.15, -0.1) is 0 Å². The predicted molar refractivity (Wildman–Crippen MR) is 111 cm³/mol. The second-order valence-corrected chi connectivity index (χ2v) is 6.74. The zero-order valence-electron chi connectivity index (χ0n) is 16.2. The standard InChI is InChI=1S/C22H25N3O3/c1-24-13-15-25(16-14-24)22(27)19-5-3-4-6-20(19)23-21(26)12-9-17-7-10-18(28-2)11-8-17/h3-12H,13-16H2,1-2H3,(H,23,26). The number of para-hydroxylation sites is 1. The normalized spacial score (nSPS) is 14.9. The van der Waals surface area contributed by atoms with Crippen molar-refractivity contribution in [1.29, 1.82) is 0 Å². The maximum absolute atomic E-state index is 12.9. The summed E-state index contributed by atoms with van der Waals surface area (Å²) in [5.74, 6) is 0.426. The van der Waals surface area contributed by atoms with Crippen molar-refractivity contribution in [3.05, 3.63) is 65.7 Å². The first-order chi connectivity index (χ1) is 13.6. The van der Waals surface area contributed by atoms with Gasteiger partial charge in [0.15, 0.2) is 0 Å². The monoisotopic (exact) mass is 379 g/mol. The molecule has 1 aliphatic heterocycles. The van der Waals surface area contributed by atoms with Gasteiger partial charge in [-0.05, 0) is 43.0 Å². The minimum Gasteiger partial charge on any atom is -0.497 e. The molecule has 6 nitrogen and oxygen atoms in total. The van der Waals surface area contributed by atoms with Gasteiger partial charge in [-0.3, -0.25) is 9.59 Å². The van der Waals surface area contributed by atoms with Gasteiger partial charge in [0.2, 0.25) is 5.91 Å². The number of ether oxygens (including phenoxy) is 1. The number of methoxy groups -OCH3 is 1. The lowest BCUT2D eigenvalue weighted by atomic mass is 10.1. The van der Waals surface area contributed by atoms with Gasteiger partial charge >= 0.3 is 0 Å². The Morgan fingerprint density at radius 2 is 1.68 bits per heavy atom. The first kappa shape index (κ1) is 19.6. The number of rotatable bonds is 5. The average molecular weight is 379 g/mol. The highest BCUT2D eigenvalue weighted by molar-refractivity contribution is 6.07. The Balaban J connectivity index is 1.67. The Kier molecular flexibility index (Phi) is 6.45. The SMILES string of the molecule is COc1ccc(C=CC(=O)Nc2ccccc2C(=O)N2CCN(C)CC2)cc1. The van der Waals surface area contributed by atoms with Gasteiger partial charge in [-0.2, -0.15) is 0 Å². The molecule has 2 amide bonds. The third kappa shape index (κ3) is 4.98. The second-order valence-electron chi connectivity index (χ2n) is 6.74. The van der Waals surface area contributed by atoms with E-state index in [-0.39, 0.29) is 11.8 Å². The molecule has 28 heavy (non-hydrogen) atoms. The van der Waals surface area contributed by atoms with Crippen LogP contribution in [0.5, 0.6) is 5.75 Å². The number of anilines is 1. The molecule has 0 unspecified atom stereocenters. The maximum atomic E-state index is 12.9. The van der Waals surface area contributed by atoms with Crippen LogP contribution in [0.1, 0.15) is 15.9 Å². The fourth-order valence-corrected chi connectivity index (χ4v) is 3.02. The number of nitrogens with one attached hydrogen (secondary N) is 1. The molecule has 1 heterocycles. The zero-order valence-corrected chi connectivity index (χ0v) is 16.2. The molecule has 2 aromatic rings. The van der Waals surface area contributed by atoms with Gasteiger partial charge in [0.05, 0.1) is 18.4 Å². The molecule has 1 saturated heterocycles. The number of piperazine rings is 1. The number of hydrogen-bond donors (Lipinski definition) is 1. The molecule has 6 heteroatoms. The van der Waals surface area contributed by atoms with E-state index in [1.807, 2.05) is 48.3 Å². The Morgan fingerprint density at radius 1 is 1.00 bits per heavy atom. The molecule has 3 rings (SSSR count). The highest BCUT2D eigenvalue weighted by Gasteiger charge is 2.22. The van der Waals surface area contributed by atoms with Crippen LogP contribution in [0.2, 0.25) is 0 Å². The van der Waals surface area contributed by atoms with E-state index in [4.69, 9.17) is 4.74 Å². The molecular formula is C22H25N3O3. The van der Waals surface area contributed by atoms with Gasteiger partial charge in [0, 0.05) is 32.3 Å². The van der Waals surface area contributed by atoms with Crippen molar-refractivity contribution in [2.24, 2.45) is 0 Å². The van der Waals surface area contributed by atoms with Crippen LogP contribution in [0.25, 0.3) is 6.08 Å². The number of benzene rings is 2. The molecule has 0 spiro atoms. The van der Waals surface area contributed by atoms with Crippen LogP contribution in [0, 0.1) is 0 Å². The molecular weight excluding hydrogens is 354 g/mol. The summed E-state index contributed by atoms with van der Waals surface area (Å²) < 4.78 is 5.12. The molecule has 0 aromatic heterocycles. The Hall–Kier alpha value is -3.12. The van der Waals surface area contributed by atoms with Crippen molar-refractivity contribution in [2.75, 3.05) is 45.7 Å². The summed E-state index contributed by atoms with van der Waals surface area (Å²) in [4.78, 5) is 29.3. The number of amides is 2. The number of nitrogens with zero attached hydrogens (tertiary/aromatic N) is 2. The van der Waals surface area contributed by atoms with E-state index in [1.54, 1.807) is 25.3 Å². The number of carbonyl (C=O) groups is 2. The van der Waals surface area contributed by atoms with Crippen LogP contribution >= 0.6 is 0 Å². The second kappa shape index (κ2) is 9.19. The van der Waals surface area contributed by atoms with Crippen molar-refractivity contribution in [3.63, 3.8) is 0 Å². The summed E-state index contributed by atoms with van der Waals surface area (Å²) in [6.07, 6.45) is 3.18. The van der Waals surface area contributed by atoms with Crippen molar-refractivity contribution in [2.45, 2.75) is 0 Å². The van der Waals surface area contributed by atoms with Crippen molar-refractivity contribution >= 4 is 23.6 Å². The molecule has 146 valence electrons. The maximum Gasteiger partial charge on any atom is 0.256 e. The lowest BCUT2D eigenvalue weighted by Gasteiger charge is -2.32. The Labute approximate surface area is 165 Å². The van der Waals surface area contributed by atoms with Gasteiger partial charge in [-0.25, -0.2) is 0 Å². The largest absolute Gasteiger partial charge is 0.497 e. The number of carbonyl (C=O) groups excluding carboxylic acids is 2. The molecule has 1 fully saturated rings. The van der Waals surface area contributed by atoms with Crippen LogP contribution < -0.4 is 10.1 Å². The topological polar surface area (TPSA) is 61.9 Å². The molecule has 0 saturated carbocycles. The van der Waals surface area contributed by atoms with Crippen LogP contribution in [0.15, 0.2) is 54.6 Å². The fraction of sp³-hybridized carbons (Fsp3) is 0.273. The lowest BCUT2D eigenvalue weighted by molar-refractivity contribution is -0.111. The van der Waals surface area contributed by atoms with Crippen molar-refractivity contribution < 1.29 is 14.3 Å². The predicted octanol–water partition coefficient (Wildman–Crippen LogP) is 2.73. The molecule has 0 bridgehead atoms. The molecule has 0 aliphatic carbocycles. The van der Waals surface area contributed by atoms with E-state index in [0.29, 0.717) is 24.3 Å². The van der Waals surface area contributed by atoms with Crippen molar-refractivity contribution in [3.8, 4) is 5.75 Å². The quantitative estimate of drug-likeness (QED) is 0.812. The third-order valence-electron chi connectivity index (χ3n) is 4.75. The molecule has 1 aliphatic rings. The summed E-state index contributed by atoms with van der Waals surface area (Å²) >= 11 is 0. The summed E-state index contributed by atoms with van der Waals surface area (Å²) in [5, 5.41) is 2.82. The summed E-state index contributed by atoms with van der Waals surface area (Å²) in [5.41, 5.74) is 1.92. The highest BCUT2D eigenvalue weighted by Crippen LogP contribution is 2.19. The Morgan fingerprint density at radius 3 is 2.36 bits per heavy atom. The number of hydrogen-bond acceptors (Lipinski definition) is 4. The van der Waals surface area contributed by atoms with Crippen LogP contribution in [0.4, 0.5) is 5.69 Å². The first-order valence-electron chi connectivity index (χ1n) is 9.27. The highest BCUT2D eigenvalue weighted by atomic mass is 16.5. The number of likely N-dealkylation sites (N-methyl/N-ethyl adjacent to an activating group) is 1. The minimum absolute atomic E-state index is 0.0527. The molecule has 2 aromatic carbocycles. The van der Waals surface area contributed by atoms with Gasteiger partial charge in [0.25, 0.3) is 5.91 Å². The van der Waals surface area contributed by atoms with Crippen LogP contribution in [0.3, 0.4) is 0 Å². The summed E-state index contributed by atoms with van der Waals surface area (Å²) in [6, 6.07) is 14.5. The van der Waals surface area contributed by atoms with Gasteiger partial charge in [-0.1, -0.05) is 24.3 Å². The molecule has 0 atom stereocenters. The first-order valence-corrected chi connectivity index (χ1v) is 9.27. The fourth-order valence-electron chi connectivity index (χ4n) is 3.02. The summed E-state index contributed by atoms with van der Waals surface area (Å²) in [7, 11) is 3.66. The van der Waals surface area contributed by atoms with Gasteiger partial charge < -0.3 is 19.9 Å².